The Kier molecular flexibility index (Phi) is 4.15. The van der Waals surface area contributed by atoms with E-state index in [-0.39, 0.29) is 0 Å². The Hall–Kier alpha value is -1.02. The van der Waals surface area contributed by atoms with E-state index in [1.165, 1.54) is 5.56 Å². The molecule has 82 valence electrons. The van der Waals surface area contributed by atoms with Gasteiger partial charge in [-0.25, -0.2) is 0 Å². The second-order valence-corrected chi connectivity index (χ2v) is 4.39. The van der Waals surface area contributed by atoms with Crippen molar-refractivity contribution in [1.29, 1.82) is 0 Å². The van der Waals surface area contributed by atoms with E-state index in [4.69, 9.17) is 16.7 Å². The molecule has 1 aromatic rings. The summed E-state index contributed by atoms with van der Waals surface area (Å²) in [7, 11) is 0. The Morgan fingerprint density at radius 3 is 2.53 bits per heavy atom. The van der Waals surface area contributed by atoms with Crippen LogP contribution in [0.15, 0.2) is 24.3 Å². The smallest absolute Gasteiger partial charge is 0.321 e. The van der Waals surface area contributed by atoms with Gasteiger partial charge in [0.25, 0.3) is 0 Å². The number of carbonyl (C=O) groups is 1. The molecule has 0 radical (unpaired) electrons. The lowest BCUT2D eigenvalue weighted by Gasteiger charge is -2.13. The van der Waals surface area contributed by atoms with E-state index in [1.807, 2.05) is 24.3 Å². The molecule has 0 bridgehead atoms. The van der Waals surface area contributed by atoms with Crippen LogP contribution in [0, 0.1) is 0 Å². The maximum atomic E-state index is 10.7. The first-order chi connectivity index (χ1) is 7.02. The molecule has 1 unspecified atom stereocenters. The van der Waals surface area contributed by atoms with Gasteiger partial charge in [-0.1, -0.05) is 38.1 Å². The van der Waals surface area contributed by atoms with Crippen molar-refractivity contribution in [3.8, 4) is 0 Å². The van der Waals surface area contributed by atoms with E-state index < -0.39 is 11.3 Å². The average Bonchev–Trinajstić information content (AvgIpc) is 2.18. The quantitative estimate of drug-likeness (QED) is 0.802. The lowest BCUT2D eigenvalue weighted by Crippen LogP contribution is -2.17. The molecule has 0 aliphatic carbocycles. The zero-order valence-electron chi connectivity index (χ0n) is 8.90. The second kappa shape index (κ2) is 5.17. The van der Waals surface area contributed by atoms with E-state index in [0.717, 1.165) is 5.56 Å². The molecule has 15 heavy (non-hydrogen) atoms. The second-order valence-electron chi connectivity index (χ2n) is 3.86. The highest BCUT2D eigenvalue weighted by atomic mass is 35.5. The summed E-state index contributed by atoms with van der Waals surface area (Å²) in [6.07, 6.45) is 0.380. The van der Waals surface area contributed by atoms with Crippen LogP contribution in [0.2, 0.25) is 0 Å². The predicted molar refractivity (Wildman–Crippen MR) is 61.5 cm³/mol. The maximum absolute atomic E-state index is 10.7. The van der Waals surface area contributed by atoms with Crippen LogP contribution in [0.1, 0.15) is 30.9 Å². The van der Waals surface area contributed by atoms with E-state index in [2.05, 4.69) is 13.8 Å². The number of alkyl halides is 1. The topological polar surface area (TPSA) is 37.3 Å². The van der Waals surface area contributed by atoms with E-state index in [9.17, 15) is 4.79 Å². The van der Waals surface area contributed by atoms with Crippen LogP contribution in [-0.4, -0.2) is 16.5 Å². The van der Waals surface area contributed by atoms with Crippen LogP contribution in [0.4, 0.5) is 0 Å². The third-order valence-electron chi connectivity index (χ3n) is 2.34. The standard InChI is InChI=1S/C12H15ClO2/c1-8(2)10-6-4-3-5-9(10)7-11(13)12(14)15/h3-6,8,11H,7H2,1-2H3,(H,14,15). The molecule has 3 heteroatoms. The minimum Gasteiger partial charge on any atom is -0.480 e. The summed E-state index contributed by atoms with van der Waals surface area (Å²) >= 11 is 5.73. The van der Waals surface area contributed by atoms with Crippen LogP contribution in [0.5, 0.6) is 0 Å². The molecular weight excluding hydrogens is 212 g/mol. The third kappa shape index (κ3) is 3.24. The van der Waals surface area contributed by atoms with Crippen molar-refractivity contribution in [3.05, 3.63) is 35.4 Å². The summed E-state index contributed by atoms with van der Waals surface area (Å²) < 4.78 is 0. The van der Waals surface area contributed by atoms with Gasteiger partial charge in [0.1, 0.15) is 5.38 Å². The lowest BCUT2D eigenvalue weighted by atomic mass is 9.94. The molecule has 0 saturated heterocycles. The molecule has 1 rings (SSSR count). The van der Waals surface area contributed by atoms with Crippen molar-refractivity contribution >= 4 is 17.6 Å². The van der Waals surface area contributed by atoms with Crippen LogP contribution in [0.25, 0.3) is 0 Å². The normalized spacial score (nSPS) is 12.8. The molecule has 1 aromatic carbocycles. The first-order valence-corrected chi connectivity index (χ1v) is 5.40. The molecule has 0 amide bonds. The minimum absolute atomic E-state index is 0.380. The van der Waals surface area contributed by atoms with Gasteiger partial charge in [0.15, 0.2) is 0 Å². The van der Waals surface area contributed by atoms with Gasteiger partial charge in [0.05, 0.1) is 0 Å². The molecule has 0 saturated carbocycles. The molecule has 1 atom stereocenters. The van der Waals surface area contributed by atoms with Gasteiger partial charge in [-0.05, 0) is 23.5 Å². The van der Waals surface area contributed by atoms with Crippen molar-refractivity contribution in [3.63, 3.8) is 0 Å². The van der Waals surface area contributed by atoms with Crippen molar-refractivity contribution in [2.75, 3.05) is 0 Å². The fourth-order valence-electron chi connectivity index (χ4n) is 1.56. The summed E-state index contributed by atoms with van der Waals surface area (Å²) in [5, 5.41) is 7.90. The SMILES string of the molecule is CC(C)c1ccccc1CC(Cl)C(=O)O. The fourth-order valence-corrected chi connectivity index (χ4v) is 1.73. The number of carboxylic acids is 1. The molecule has 0 spiro atoms. The van der Waals surface area contributed by atoms with E-state index in [0.29, 0.717) is 12.3 Å². The van der Waals surface area contributed by atoms with Gasteiger partial charge >= 0.3 is 5.97 Å². The Labute approximate surface area is 94.9 Å². The number of benzene rings is 1. The number of carboxylic acid groups (broad SMARTS) is 1. The first-order valence-electron chi connectivity index (χ1n) is 4.97. The average molecular weight is 227 g/mol. The van der Waals surface area contributed by atoms with E-state index >= 15 is 0 Å². The molecule has 1 N–H and O–H groups in total. The highest BCUT2D eigenvalue weighted by Gasteiger charge is 2.16. The summed E-state index contributed by atoms with van der Waals surface area (Å²) in [4.78, 5) is 10.7. The van der Waals surface area contributed by atoms with Crippen LogP contribution >= 0.6 is 11.6 Å². The molecule has 2 nitrogen and oxygen atoms in total. The van der Waals surface area contributed by atoms with Crippen LogP contribution in [-0.2, 0) is 11.2 Å². The Bertz CT molecular complexity index is 347. The van der Waals surface area contributed by atoms with Crippen LogP contribution < -0.4 is 0 Å². The highest BCUT2D eigenvalue weighted by Crippen LogP contribution is 2.21. The van der Waals surface area contributed by atoms with Crippen molar-refractivity contribution in [2.45, 2.75) is 31.6 Å². The van der Waals surface area contributed by atoms with Gasteiger partial charge in [0.2, 0.25) is 0 Å². The lowest BCUT2D eigenvalue weighted by molar-refractivity contribution is -0.136. The van der Waals surface area contributed by atoms with Gasteiger partial charge < -0.3 is 5.11 Å². The number of aliphatic carboxylic acids is 1. The molecule has 0 aliphatic heterocycles. The molecule has 0 heterocycles. The summed E-state index contributed by atoms with van der Waals surface area (Å²) in [5.41, 5.74) is 2.19. The largest absolute Gasteiger partial charge is 0.480 e. The van der Waals surface area contributed by atoms with E-state index in [1.54, 1.807) is 0 Å². The minimum atomic E-state index is -0.963. The molecule has 0 aliphatic rings. The predicted octanol–water partition coefficient (Wildman–Crippen LogP) is 3.04. The van der Waals surface area contributed by atoms with Gasteiger partial charge in [-0.2, -0.15) is 0 Å². The maximum Gasteiger partial charge on any atom is 0.321 e. The third-order valence-corrected chi connectivity index (χ3v) is 2.69. The molecular formula is C12H15ClO2. The summed E-state index contributed by atoms with van der Waals surface area (Å²) in [5.74, 6) is -0.575. The number of hydrogen-bond acceptors (Lipinski definition) is 1. The van der Waals surface area contributed by atoms with Crippen molar-refractivity contribution in [2.24, 2.45) is 0 Å². The zero-order chi connectivity index (χ0) is 11.4. The van der Waals surface area contributed by atoms with Crippen LogP contribution in [0.3, 0.4) is 0 Å². The van der Waals surface area contributed by atoms with Gasteiger partial charge in [0, 0.05) is 0 Å². The number of hydrogen-bond donors (Lipinski definition) is 1. The Morgan fingerprint density at radius 2 is 2.00 bits per heavy atom. The Balaban J connectivity index is 2.89. The Morgan fingerprint density at radius 1 is 1.40 bits per heavy atom. The molecule has 0 aromatic heterocycles. The van der Waals surface area contributed by atoms with Gasteiger partial charge in [-0.15, -0.1) is 11.6 Å². The summed E-state index contributed by atoms with van der Waals surface area (Å²) in [6.45, 7) is 4.17. The van der Waals surface area contributed by atoms with Gasteiger partial charge in [-0.3, -0.25) is 4.79 Å². The van der Waals surface area contributed by atoms with Crippen molar-refractivity contribution in [1.82, 2.24) is 0 Å². The fraction of sp³-hybridized carbons (Fsp3) is 0.417. The zero-order valence-corrected chi connectivity index (χ0v) is 9.66. The highest BCUT2D eigenvalue weighted by molar-refractivity contribution is 6.29. The monoisotopic (exact) mass is 226 g/mol. The molecule has 0 fully saturated rings. The number of halogens is 1. The van der Waals surface area contributed by atoms with Crippen molar-refractivity contribution < 1.29 is 9.90 Å². The first kappa shape index (κ1) is 12.1. The summed E-state index contributed by atoms with van der Waals surface area (Å²) in [6, 6.07) is 7.83. The number of rotatable bonds is 4.